The summed E-state index contributed by atoms with van der Waals surface area (Å²) in [4.78, 5) is 0. The van der Waals surface area contributed by atoms with Gasteiger partial charge in [-0.3, -0.25) is 0 Å². The van der Waals surface area contributed by atoms with E-state index in [1.807, 2.05) is 30.8 Å². The van der Waals surface area contributed by atoms with Gasteiger partial charge in [0.05, 0.1) is 19.8 Å². The van der Waals surface area contributed by atoms with Crippen LogP contribution in [0.1, 0.15) is 18.9 Å². The van der Waals surface area contributed by atoms with Crippen molar-refractivity contribution in [2.24, 2.45) is 0 Å². The molecule has 0 radical (unpaired) electrons. The number of thioether (sulfide) groups is 1. The minimum Gasteiger partial charge on any atom is -0.490 e. The highest BCUT2D eigenvalue weighted by molar-refractivity contribution is 7.98. The Morgan fingerprint density at radius 1 is 1.19 bits per heavy atom. The van der Waals surface area contributed by atoms with Gasteiger partial charge in [-0.15, -0.1) is 0 Å². The van der Waals surface area contributed by atoms with Gasteiger partial charge in [0, 0.05) is 25.8 Å². The smallest absolute Gasteiger partial charge is 0.165 e. The van der Waals surface area contributed by atoms with Crippen LogP contribution >= 0.6 is 11.8 Å². The molecular weight excluding hydrogens is 286 g/mol. The number of ether oxygens (including phenoxy) is 3. The Morgan fingerprint density at radius 3 is 2.76 bits per heavy atom. The molecular formula is C16H27NO3S. The highest BCUT2D eigenvalue weighted by Crippen LogP contribution is 2.31. The lowest BCUT2D eigenvalue weighted by molar-refractivity contribution is 0.199. The molecule has 0 fully saturated rings. The van der Waals surface area contributed by atoms with Gasteiger partial charge in [0.25, 0.3) is 0 Å². The van der Waals surface area contributed by atoms with E-state index in [1.165, 1.54) is 0 Å². The van der Waals surface area contributed by atoms with E-state index in [0.29, 0.717) is 13.2 Å². The molecule has 0 spiro atoms. The summed E-state index contributed by atoms with van der Waals surface area (Å²) in [7, 11) is 1.71. The molecule has 1 N–H and O–H groups in total. The Kier molecular flexibility index (Phi) is 10.1. The van der Waals surface area contributed by atoms with Crippen LogP contribution in [0.4, 0.5) is 0 Å². The molecule has 0 saturated carbocycles. The van der Waals surface area contributed by atoms with E-state index < -0.39 is 0 Å². The van der Waals surface area contributed by atoms with E-state index in [0.717, 1.165) is 48.9 Å². The zero-order valence-corrected chi connectivity index (χ0v) is 14.1. The van der Waals surface area contributed by atoms with Crippen molar-refractivity contribution in [1.82, 2.24) is 5.32 Å². The summed E-state index contributed by atoms with van der Waals surface area (Å²) in [6, 6.07) is 6.05. The van der Waals surface area contributed by atoms with Gasteiger partial charge in [-0.25, -0.2) is 0 Å². The van der Waals surface area contributed by atoms with Gasteiger partial charge >= 0.3 is 0 Å². The largest absolute Gasteiger partial charge is 0.490 e. The molecule has 0 unspecified atom stereocenters. The summed E-state index contributed by atoms with van der Waals surface area (Å²) < 4.78 is 16.7. The Labute approximate surface area is 132 Å². The molecule has 0 amide bonds. The van der Waals surface area contributed by atoms with Crippen LogP contribution in [0, 0.1) is 0 Å². The standard InChI is InChI=1S/C16H27NO3S/c1-4-19-15-8-5-7-14(13-17-9-11-18-2)16(15)20-10-6-12-21-3/h5,7-8,17H,4,6,9-13H2,1-3H3. The average Bonchev–Trinajstić information content (AvgIpc) is 2.50. The maximum absolute atomic E-state index is 5.97. The Bertz CT molecular complexity index is 388. The lowest BCUT2D eigenvalue weighted by atomic mass is 10.2. The molecule has 0 aromatic heterocycles. The third kappa shape index (κ3) is 7.07. The van der Waals surface area contributed by atoms with Crippen molar-refractivity contribution in [3.8, 4) is 11.5 Å². The van der Waals surface area contributed by atoms with Crippen LogP contribution in [-0.2, 0) is 11.3 Å². The molecule has 0 heterocycles. The number of hydrogen-bond acceptors (Lipinski definition) is 5. The van der Waals surface area contributed by atoms with Crippen molar-refractivity contribution < 1.29 is 14.2 Å². The zero-order valence-electron chi connectivity index (χ0n) is 13.3. The van der Waals surface area contributed by atoms with E-state index in [2.05, 4.69) is 17.6 Å². The summed E-state index contributed by atoms with van der Waals surface area (Å²) in [5, 5.41) is 3.35. The van der Waals surface area contributed by atoms with Crippen LogP contribution in [0.3, 0.4) is 0 Å². The van der Waals surface area contributed by atoms with E-state index in [1.54, 1.807) is 7.11 Å². The predicted molar refractivity (Wildman–Crippen MR) is 89.7 cm³/mol. The van der Waals surface area contributed by atoms with Crippen LogP contribution in [0.15, 0.2) is 18.2 Å². The number of nitrogens with one attached hydrogen (secondary N) is 1. The fraction of sp³-hybridized carbons (Fsp3) is 0.625. The second-order valence-electron chi connectivity index (χ2n) is 4.54. The summed E-state index contributed by atoms with van der Waals surface area (Å²) in [5.41, 5.74) is 1.13. The summed E-state index contributed by atoms with van der Waals surface area (Å²) in [5.74, 6) is 2.80. The maximum Gasteiger partial charge on any atom is 0.165 e. The Hall–Kier alpha value is -0.910. The molecule has 1 aromatic rings. The van der Waals surface area contributed by atoms with Crippen molar-refractivity contribution >= 4 is 11.8 Å². The number of benzene rings is 1. The highest BCUT2D eigenvalue weighted by atomic mass is 32.2. The molecule has 1 rings (SSSR count). The quantitative estimate of drug-likeness (QED) is 0.601. The molecule has 5 heteroatoms. The Morgan fingerprint density at radius 2 is 2.05 bits per heavy atom. The first-order valence-electron chi connectivity index (χ1n) is 7.39. The van der Waals surface area contributed by atoms with Crippen molar-refractivity contribution in [3.63, 3.8) is 0 Å². The van der Waals surface area contributed by atoms with Crippen LogP contribution in [0.2, 0.25) is 0 Å². The minimum atomic E-state index is 0.641. The van der Waals surface area contributed by atoms with Gasteiger partial charge in [0.15, 0.2) is 11.5 Å². The lowest BCUT2D eigenvalue weighted by Gasteiger charge is -2.16. The monoisotopic (exact) mass is 313 g/mol. The van der Waals surface area contributed by atoms with E-state index in [-0.39, 0.29) is 0 Å². The molecule has 0 atom stereocenters. The number of methoxy groups -OCH3 is 1. The summed E-state index contributed by atoms with van der Waals surface area (Å²) in [6.07, 6.45) is 3.15. The van der Waals surface area contributed by atoms with Crippen LogP contribution < -0.4 is 14.8 Å². The van der Waals surface area contributed by atoms with Gasteiger partial charge in [0.2, 0.25) is 0 Å². The first kappa shape index (κ1) is 18.1. The van der Waals surface area contributed by atoms with Crippen LogP contribution in [-0.4, -0.2) is 45.5 Å². The maximum atomic E-state index is 5.97. The van der Waals surface area contributed by atoms with Crippen molar-refractivity contribution in [2.45, 2.75) is 19.9 Å². The molecule has 1 aromatic carbocycles. The number of para-hydroxylation sites is 1. The van der Waals surface area contributed by atoms with Gasteiger partial charge in [-0.05, 0) is 31.4 Å². The summed E-state index contributed by atoms with van der Waals surface area (Å²) >= 11 is 1.84. The van der Waals surface area contributed by atoms with Crippen molar-refractivity contribution in [3.05, 3.63) is 23.8 Å². The topological polar surface area (TPSA) is 39.7 Å². The van der Waals surface area contributed by atoms with E-state index in [9.17, 15) is 0 Å². The lowest BCUT2D eigenvalue weighted by Crippen LogP contribution is -2.19. The average molecular weight is 313 g/mol. The van der Waals surface area contributed by atoms with Gasteiger partial charge < -0.3 is 19.5 Å². The molecule has 0 aliphatic heterocycles. The molecule has 0 aliphatic rings. The molecule has 4 nitrogen and oxygen atoms in total. The predicted octanol–water partition coefficient (Wildman–Crippen LogP) is 2.95. The molecule has 120 valence electrons. The molecule has 0 aliphatic carbocycles. The SMILES string of the molecule is CCOc1cccc(CNCCOC)c1OCCCSC. The minimum absolute atomic E-state index is 0.641. The number of rotatable bonds is 12. The Balaban J connectivity index is 2.66. The molecule has 0 bridgehead atoms. The normalized spacial score (nSPS) is 10.6. The van der Waals surface area contributed by atoms with E-state index in [4.69, 9.17) is 14.2 Å². The second-order valence-corrected chi connectivity index (χ2v) is 5.53. The zero-order chi connectivity index (χ0) is 15.3. The fourth-order valence-corrected chi connectivity index (χ4v) is 2.31. The van der Waals surface area contributed by atoms with Gasteiger partial charge in [0.1, 0.15) is 0 Å². The first-order chi connectivity index (χ1) is 10.3. The van der Waals surface area contributed by atoms with Gasteiger partial charge in [-0.2, -0.15) is 11.8 Å². The van der Waals surface area contributed by atoms with Gasteiger partial charge in [-0.1, -0.05) is 12.1 Å². The third-order valence-electron chi connectivity index (χ3n) is 2.90. The first-order valence-corrected chi connectivity index (χ1v) is 8.79. The molecule has 21 heavy (non-hydrogen) atoms. The van der Waals surface area contributed by atoms with E-state index >= 15 is 0 Å². The fourth-order valence-electron chi connectivity index (χ4n) is 1.91. The van der Waals surface area contributed by atoms with Crippen LogP contribution in [0.25, 0.3) is 0 Å². The highest BCUT2D eigenvalue weighted by Gasteiger charge is 2.10. The third-order valence-corrected chi connectivity index (χ3v) is 3.59. The summed E-state index contributed by atoms with van der Waals surface area (Å²) in [6.45, 7) is 5.62. The molecule has 0 saturated heterocycles. The van der Waals surface area contributed by atoms with Crippen molar-refractivity contribution in [1.29, 1.82) is 0 Å². The van der Waals surface area contributed by atoms with Crippen molar-refractivity contribution in [2.75, 3.05) is 45.5 Å². The van der Waals surface area contributed by atoms with Crippen LogP contribution in [0.5, 0.6) is 11.5 Å². The number of hydrogen-bond donors (Lipinski definition) is 1. The second kappa shape index (κ2) is 11.7.